The van der Waals surface area contributed by atoms with Gasteiger partial charge in [-0.15, -0.1) is 0 Å². The first-order chi connectivity index (χ1) is 9.71. The van der Waals surface area contributed by atoms with Gasteiger partial charge in [-0.25, -0.2) is 0 Å². The van der Waals surface area contributed by atoms with Gasteiger partial charge >= 0.3 is 0 Å². The maximum Gasteiger partial charge on any atom is 0.264 e. The van der Waals surface area contributed by atoms with Crippen LogP contribution in [0.5, 0.6) is 5.75 Å². The zero-order valence-corrected chi connectivity index (χ0v) is 13.6. The molecule has 1 heterocycles. The normalized spacial score (nSPS) is 17.3. The smallest absolute Gasteiger partial charge is 0.264 e. The van der Waals surface area contributed by atoms with E-state index in [0.717, 1.165) is 11.3 Å². The van der Waals surface area contributed by atoms with Crippen LogP contribution < -0.4 is 4.74 Å². The van der Waals surface area contributed by atoms with E-state index in [1.165, 1.54) is 11.1 Å². The predicted octanol–water partition coefficient (Wildman–Crippen LogP) is 2.23. The Morgan fingerprint density at radius 1 is 1.38 bits per heavy atom. The highest BCUT2D eigenvalue weighted by Crippen LogP contribution is 2.32. The van der Waals surface area contributed by atoms with Crippen LogP contribution in [0.25, 0.3) is 0 Å². The fourth-order valence-corrected chi connectivity index (χ4v) is 2.67. The lowest BCUT2D eigenvalue weighted by Gasteiger charge is -2.29. The molecule has 1 unspecified atom stereocenters. The molecule has 1 amide bonds. The first-order valence-electron chi connectivity index (χ1n) is 7.49. The number of likely N-dealkylation sites (N-methyl/N-ethyl adjacent to an activating group) is 1. The molecule has 4 nitrogen and oxygen atoms in total. The fraction of sp³-hybridized carbons (Fsp3) is 0.588. The van der Waals surface area contributed by atoms with Crippen molar-refractivity contribution in [3.05, 3.63) is 28.8 Å². The van der Waals surface area contributed by atoms with E-state index in [1.807, 2.05) is 19.9 Å². The number of fused-ring (bicyclic) bond motifs is 1. The lowest BCUT2D eigenvalue weighted by atomic mass is 10.0. The standard InChI is InChI=1S/C17H25NO3/c1-6-18(10-17(4,5)20)16(19)15-9-13-7-11(2)12(3)8-14(13)21-15/h7-8,15,20H,6,9-10H2,1-5H3. The number of aliphatic hydroxyl groups is 1. The summed E-state index contributed by atoms with van der Waals surface area (Å²) in [5.41, 5.74) is 2.58. The molecule has 1 aliphatic heterocycles. The van der Waals surface area contributed by atoms with E-state index in [2.05, 4.69) is 13.0 Å². The minimum absolute atomic E-state index is 0.0499. The fourth-order valence-electron chi connectivity index (χ4n) is 2.67. The summed E-state index contributed by atoms with van der Waals surface area (Å²) in [7, 11) is 0. The number of hydrogen-bond donors (Lipinski definition) is 1. The third-order valence-electron chi connectivity index (χ3n) is 3.90. The molecule has 0 saturated carbocycles. The second kappa shape index (κ2) is 5.68. The third kappa shape index (κ3) is 3.56. The predicted molar refractivity (Wildman–Crippen MR) is 82.6 cm³/mol. The molecular weight excluding hydrogens is 266 g/mol. The van der Waals surface area contributed by atoms with Crippen molar-refractivity contribution in [1.82, 2.24) is 4.90 Å². The van der Waals surface area contributed by atoms with E-state index in [9.17, 15) is 9.90 Å². The zero-order valence-electron chi connectivity index (χ0n) is 13.6. The Morgan fingerprint density at radius 3 is 2.57 bits per heavy atom. The number of aryl methyl sites for hydroxylation is 2. The first kappa shape index (κ1) is 15.8. The summed E-state index contributed by atoms with van der Waals surface area (Å²) in [6.07, 6.45) is 0.140. The summed E-state index contributed by atoms with van der Waals surface area (Å²) >= 11 is 0. The van der Waals surface area contributed by atoms with E-state index in [4.69, 9.17) is 4.74 Å². The van der Waals surface area contributed by atoms with E-state index in [-0.39, 0.29) is 5.91 Å². The number of hydrogen-bond acceptors (Lipinski definition) is 3. The summed E-state index contributed by atoms with van der Waals surface area (Å²) in [6, 6.07) is 4.11. The van der Waals surface area contributed by atoms with Crippen LogP contribution in [-0.4, -0.2) is 40.7 Å². The van der Waals surface area contributed by atoms with Gasteiger partial charge in [-0.1, -0.05) is 6.07 Å². The second-order valence-corrected chi connectivity index (χ2v) is 6.52. The Morgan fingerprint density at radius 2 is 2.00 bits per heavy atom. The molecule has 0 aromatic heterocycles. The molecule has 1 N–H and O–H groups in total. The van der Waals surface area contributed by atoms with Gasteiger partial charge < -0.3 is 14.7 Å². The molecule has 0 spiro atoms. The third-order valence-corrected chi connectivity index (χ3v) is 3.90. The van der Waals surface area contributed by atoms with Gasteiger partial charge in [0.25, 0.3) is 5.91 Å². The van der Waals surface area contributed by atoms with Crippen LogP contribution in [0.4, 0.5) is 0 Å². The summed E-state index contributed by atoms with van der Waals surface area (Å²) in [4.78, 5) is 14.2. The van der Waals surface area contributed by atoms with Crippen molar-refractivity contribution in [2.75, 3.05) is 13.1 Å². The molecule has 0 bridgehead atoms. The van der Waals surface area contributed by atoms with Gasteiger partial charge in [-0.05, 0) is 57.4 Å². The molecule has 21 heavy (non-hydrogen) atoms. The van der Waals surface area contributed by atoms with Gasteiger partial charge in [0.1, 0.15) is 5.75 Å². The lowest BCUT2D eigenvalue weighted by molar-refractivity contribution is -0.140. The van der Waals surface area contributed by atoms with E-state index < -0.39 is 11.7 Å². The van der Waals surface area contributed by atoms with Crippen molar-refractivity contribution >= 4 is 5.91 Å². The number of carbonyl (C=O) groups is 1. The van der Waals surface area contributed by atoms with Crippen LogP contribution in [0.15, 0.2) is 12.1 Å². The maximum atomic E-state index is 12.6. The Labute approximate surface area is 126 Å². The first-order valence-corrected chi connectivity index (χ1v) is 7.49. The summed E-state index contributed by atoms with van der Waals surface area (Å²) < 4.78 is 5.83. The van der Waals surface area contributed by atoms with Gasteiger partial charge in [0.15, 0.2) is 6.10 Å². The molecule has 0 saturated heterocycles. The molecule has 1 atom stereocenters. The van der Waals surface area contributed by atoms with Crippen molar-refractivity contribution < 1.29 is 14.6 Å². The molecule has 2 rings (SSSR count). The van der Waals surface area contributed by atoms with Crippen molar-refractivity contribution in [3.63, 3.8) is 0 Å². The number of nitrogens with zero attached hydrogens (tertiary/aromatic N) is 1. The van der Waals surface area contributed by atoms with Crippen LogP contribution in [-0.2, 0) is 11.2 Å². The van der Waals surface area contributed by atoms with Gasteiger partial charge in [0.05, 0.1) is 5.60 Å². The van der Waals surface area contributed by atoms with Gasteiger partial charge in [-0.3, -0.25) is 4.79 Å². The summed E-state index contributed by atoms with van der Waals surface area (Å²) in [5.74, 6) is 0.766. The van der Waals surface area contributed by atoms with Crippen LogP contribution in [0.1, 0.15) is 37.5 Å². The molecule has 0 radical (unpaired) electrons. The molecule has 1 aliphatic rings. The average Bonchev–Trinajstić information content (AvgIpc) is 2.77. The maximum absolute atomic E-state index is 12.6. The molecule has 0 aliphatic carbocycles. The average molecular weight is 291 g/mol. The van der Waals surface area contributed by atoms with Crippen molar-refractivity contribution in [3.8, 4) is 5.75 Å². The van der Waals surface area contributed by atoms with Crippen LogP contribution in [0.2, 0.25) is 0 Å². The van der Waals surface area contributed by atoms with Crippen molar-refractivity contribution in [2.24, 2.45) is 0 Å². The van der Waals surface area contributed by atoms with E-state index in [1.54, 1.807) is 18.7 Å². The van der Waals surface area contributed by atoms with Crippen LogP contribution in [0, 0.1) is 13.8 Å². The highest BCUT2D eigenvalue weighted by Gasteiger charge is 2.33. The van der Waals surface area contributed by atoms with Crippen LogP contribution >= 0.6 is 0 Å². The number of rotatable bonds is 4. The molecular formula is C17H25NO3. The number of benzene rings is 1. The SMILES string of the molecule is CCN(CC(C)(C)O)C(=O)C1Cc2cc(C)c(C)cc2O1. The van der Waals surface area contributed by atoms with E-state index >= 15 is 0 Å². The highest BCUT2D eigenvalue weighted by molar-refractivity contribution is 5.82. The minimum Gasteiger partial charge on any atom is -0.480 e. The molecule has 1 aromatic carbocycles. The zero-order chi connectivity index (χ0) is 15.8. The minimum atomic E-state index is -0.899. The molecule has 116 valence electrons. The largest absolute Gasteiger partial charge is 0.480 e. The van der Waals surface area contributed by atoms with Crippen molar-refractivity contribution in [1.29, 1.82) is 0 Å². The Hall–Kier alpha value is -1.55. The topological polar surface area (TPSA) is 49.8 Å². The van der Waals surface area contributed by atoms with E-state index in [0.29, 0.717) is 19.5 Å². The van der Waals surface area contributed by atoms with Crippen LogP contribution in [0.3, 0.4) is 0 Å². The molecule has 1 aromatic rings. The number of carbonyl (C=O) groups excluding carboxylic acids is 1. The summed E-state index contributed by atoms with van der Waals surface area (Å²) in [6.45, 7) is 10.3. The monoisotopic (exact) mass is 291 g/mol. The Kier molecular flexibility index (Phi) is 4.28. The number of amides is 1. The van der Waals surface area contributed by atoms with Gasteiger partial charge in [0.2, 0.25) is 0 Å². The Bertz CT molecular complexity index is 515. The highest BCUT2D eigenvalue weighted by atomic mass is 16.5. The number of ether oxygens (including phenoxy) is 1. The van der Waals surface area contributed by atoms with Crippen molar-refractivity contribution in [2.45, 2.75) is 52.7 Å². The second-order valence-electron chi connectivity index (χ2n) is 6.52. The Balaban J connectivity index is 2.12. The summed E-state index contributed by atoms with van der Waals surface area (Å²) in [5, 5.41) is 9.92. The van der Waals surface area contributed by atoms with Gasteiger partial charge in [0, 0.05) is 19.5 Å². The molecule has 0 fully saturated rings. The lowest BCUT2D eigenvalue weighted by Crippen LogP contribution is -2.47. The van der Waals surface area contributed by atoms with Gasteiger partial charge in [-0.2, -0.15) is 0 Å². The quantitative estimate of drug-likeness (QED) is 0.925. The molecule has 4 heteroatoms.